The number of carbonyl (C=O) groups excluding carboxylic acids is 1. The van der Waals surface area contributed by atoms with E-state index in [0.29, 0.717) is 12.5 Å². The molecule has 0 spiro atoms. The molecule has 18 heavy (non-hydrogen) atoms. The molecular formula is C14H28N2O2. The Hall–Kier alpha value is -0.610. The minimum atomic E-state index is 0.145. The highest BCUT2D eigenvalue weighted by atomic mass is 16.2. The van der Waals surface area contributed by atoms with Crippen molar-refractivity contribution < 1.29 is 9.90 Å². The van der Waals surface area contributed by atoms with Gasteiger partial charge in [-0.3, -0.25) is 4.79 Å². The molecule has 1 aliphatic rings. The molecule has 1 aliphatic carbocycles. The number of aliphatic hydroxyl groups excluding tert-OH is 1. The first-order valence-corrected chi connectivity index (χ1v) is 7.26. The van der Waals surface area contributed by atoms with Crippen LogP contribution in [0.1, 0.15) is 44.9 Å². The SMILES string of the molecule is CN(CCCCCO)C(=O)C1CCCCC1CN. The summed E-state index contributed by atoms with van der Waals surface area (Å²) in [5, 5.41) is 8.72. The molecule has 0 aliphatic heterocycles. The van der Waals surface area contributed by atoms with E-state index < -0.39 is 0 Å². The number of hydrogen-bond acceptors (Lipinski definition) is 3. The second-order valence-corrected chi connectivity index (χ2v) is 5.43. The van der Waals surface area contributed by atoms with E-state index in [1.807, 2.05) is 11.9 Å². The molecule has 0 aromatic heterocycles. The summed E-state index contributed by atoms with van der Waals surface area (Å²) in [7, 11) is 1.89. The van der Waals surface area contributed by atoms with Crippen LogP contribution in [0.15, 0.2) is 0 Å². The third-order valence-electron chi connectivity index (χ3n) is 4.06. The van der Waals surface area contributed by atoms with E-state index in [-0.39, 0.29) is 18.4 Å². The third kappa shape index (κ3) is 4.58. The summed E-state index contributed by atoms with van der Waals surface area (Å²) in [5.41, 5.74) is 5.77. The van der Waals surface area contributed by atoms with Gasteiger partial charge in [0.1, 0.15) is 0 Å². The van der Waals surface area contributed by atoms with Gasteiger partial charge in [-0.2, -0.15) is 0 Å². The molecule has 2 unspecified atom stereocenters. The lowest BCUT2D eigenvalue weighted by molar-refractivity contribution is -0.137. The van der Waals surface area contributed by atoms with Gasteiger partial charge in [0.25, 0.3) is 0 Å². The standard InChI is InChI=1S/C14H28N2O2/c1-16(9-5-2-6-10-17)14(18)13-8-4-3-7-12(13)11-15/h12-13,17H,2-11,15H2,1H3. The van der Waals surface area contributed by atoms with Crippen LogP contribution in [0.2, 0.25) is 0 Å². The molecule has 1 rings (SSSR count). The number of aliphatic hydroxyl groups is 1. The molecule has 2 atom stereocenters. The number of amides is 1. The van der Waals surface area contributed by atoms with Gasteiger partial charge in [0.15, 0.2) is 0 Å². The van der Waals surface area contributed by atoms with Crippen LogP contribution in [-0.2, 0) is 4.79 Å². The van der Waals surface area contributed by atoms with Gasteiger partial charge in [0, 0.05) is 26.1 Å². The highest BCUT2D eigenvalue weighted by Gasteiger charge is 2.31. The quantitative estimate of drug-likeness (QED) is 0.676. The summed E-state index contributed by atoms with van der Waals surface area (Å²) in [6.07, 6.45) is 7.27. The molecule has 4 heteroatoms. The van der Waals surface area contributed by atoms with E-state index in [4.69, 9.17) is 10.8 Å². The van der Waals surface area contributed by atoms with Crippen LogP contribution in [0, 0.1) is 11.8 Å². The van der Waals surface area contributed by atoms with Gasteiger partial charge in [-0.25, -0.2) is 0 Å². The molecule has 0 radical (unpaired) electrons. The van der Waals surface area contributed by atoms with Crippen LogP contribution in [-0.4, -0.2) is 42.7 Å². The maximum Gasteiger partial charge on any atom is 0.225 e. The van der Waals surface area contributed by atoms with E-state index >= 15 is 0 Å². The van der Waals surface area contributed by atoms with Crippen molar-refractivity contribution in [3.63, 3.8) is 0 Å². The highest BCUT2D eigenvalue weighted by molar-refractivity contribution is 5.79. The van der Waals surface area contributed by atoms with Crippen molar-refractivity contribution in [2.75, 3.05) is 26.7 Å². The van der Waals surface area contributed by atoms with E-state index in [2.05, 4.69) is 0 Å². The molecule has 1 amide bonds. The van der Waals surface area contributed by atoms with Crippen molar-refractivity contribution in [2.45, 2.75) is 44.9 Å². The summed E-state index contributed by atoms with van der Waals surface area (Å²) in [6.45, 7) is 1.68. The minimum absolute atomic E-state index is 0.145. The topological polar surface area (TPSA) is 66.6 Å². The second-order valence-electron chi connectivity index (χ2n) is 5.43. The summed E-state index contributed by atoms with van der Waals surface area (Å²) in [4.78, 5) is 14.2. The van der Waals surface area contributed by atoms with Crippen LogP contribution < -0.4 is 5.73 Å². The Morgan fingerprint density at radius 3 is 2.67 bits per heavy atom. The van der Waals surface area contributed by atoms with Crippen LogP contribution >= 0.6 is 0 Å². The molecular weight excluding hydrogens is 228 g/mol. The number of nitrogens with two attached hydrogens (primary N) is 1. The Balaban J connectivity index is 2.36. The van der Waals surface area contributed by atoms with Crippen molar-refractivity contribution in [1.82, 2.24) is 4.90 Å². The van der Waals surface area contributed by atoms with Gasteiger partial charge in [-0.1, -0.05) is 12.8 Å². The Morgan fingerprint density at radius 2 is 2.00 bits per heavy atom. The fourth-order valence-electron chi connectivity index (χ4n) is 2.85. The summed E-state index contributed by atoms with van der Waals surface area (Å²) < 4.78 is 0. The Morgan fingerprint density at radius 1 is 1.28 bits per heavy atom. The van der Waals surface area contributed by atoms with Gasteiger partial charge in [-0.15, -0.1) is 0 Å². The Labute approximate surface area is 111 Å². The van der Waals surface area contributed by atoms with E-state index in [9.17, 15) is 4.79 Å². The first-order valence-electron chi connectivity index (χ1n) is 7.26. The lowest BCUT2D eigenvalue weighted by atomic mass is 9.78. The van der Waals surface area contributed by atoms with Crippen LogP contribution in [0.3, 0.4) is 0 Å². The normalized spacial score (nSPS) is 23.9. The van der Waals surface area contributed by atoms with Gasteiger partial charge < -0.3 is 15.7 Å². The highest BCUT2D eigenvalue weighted by Crippen LogP contribution is 2.30. The van der Waals surface area contributed by atoms with E-state index in [1.165, 1.54) is 6.42 Å². The summed E-state index contributed by atoms with van der Waals surface area (Å²) >= 11 is 0. The Kier molecular flexibility index (Phi) is 7.28. The average molecular weight is 256 g/mol. The van der Waals surface area contributed by atoms with Crippen molar-refractivity contribution in [3.05, 3.63) is 0 Å². The van der Waals surface area contributed by atoms with Gasteiger partial charge in [0.05, 0.1) is 0 Å². The van der Waals surface area contributed by atoms with Gasteiger partial charge >= 0.3 is 0 Å². The Bertz CT molecular complexity index is 246. The first kappa shape index (κ1) is 15.4. The molecule has 0 aromatic rings. The fraction of sp³-hybridized carbons (Fsp3) is 0.929. The number of hydrogen-bond donors (Lipinski definition) is 2. The van der Waals surface area contributed by atoms with Crippen LogP contribution in [0.25, 0.3) is 0 Å². The predicted molar refractivity (Wildman–Crippen MR) is 73.1 cm³/mol. The second kappa shape index (κ2) is 8.48. The smallest absolute Gasteiger partial charge is 0.225 e. The van der Waals surface area contributed by atoms with Gasteiger partial charge in [0.2, 0.25) is 5.91 Å². The molecule has 0 aromatic carbocycles. The summed E-state index contributed by atoms with van der Waals surface area (Å²) in [6, 6.07) is 0. The molecule has 106 valence electrons. The molecule has 1 saturated carbocycles. The molecule has 0 saturated heterocycles. The minimum Gasteiger partial charge on any atom is -0.396 e. The molecule has 4 nitrogen and oxygen atoms in total. The van der Waals surface area contributed by atoms with Crippen molar-refractivity contribution in [3.8, 4) is 0 Å². The van der Waals surface area contributed by atoms with Crippen molar-refractivity contribution in [2.24, 2.45) is 17.6 Å². The zero-order valence-electron chi connectivity index (χ0n) is 11.6. The van der Waals surface area contributed by atoms with E-state index in [1.54, 1.807) is 0 Å². The molecule has 0 bridgehead atoms. The van der Waals surface area contributed by atoms with Crippen LogP contribution in [0.4, 0.5) is 0 Å². The lowest BCUT2D eigenvalue weighted by Gasteiger charge is -2.32. The first-order chi connectivity index (χ1) is 8.70. The number of carbonyl (C=O) groups is 1. The van der Waals surface area contributed by atoms with Gasteiger partial charge in [-0.05, 0) is 44.6 Å². The van der Waals surface area contributed by atoms with Crippen molar-refractivity contribution in [1.29, 1.82) is 0 Å². The summed E-state index contributed by atoms with van der Waals surface area (Å²) in [5.74, 6) is 0.798. The lowest BCUT2D eigenvalue weighted by Crippen LogP contribution is -2.40. The number of rotatable bonds is 7. The fourth-order valence-corrected chi connectivity index (χ4v) is 2.85. The maximum atomic E-state index is 12.4. The third-order valence-corrected chi connectivity index (χ3v) is 4.06. The zero-order valence-corrected chi connectivity index (χ0v) is 11.6. The largest absolute Gasteiger partial charge is 0.396 e. The van der Waals surface area contributed by atoms with Crippen molar-refractivity contribution >= 4 is 5.91 Å². The molecule has 1 fully saturated rings. The number of nitrogens with zero attached hydrogens (tertiary/aromatic N) is 1. The zero-order chi connectivity index (χ0) is 13.4. The number of unbranched alkanes of at least 4 members (excludes halogenated alkanes) is 2. The molecule has 0 heterocycles. The predicted octanol–water partition coefficient (Wildman–Crippen LogP) is 1.37. The maximum absolute atomic E-state index is 12.4. The average Bonchev–Trinajstić information content (AvgIpc) is 2.42. The van der Waals surface area contributed by atoms with E-state index in [0.717, 1.165) is 45.1 Å². The molecule has 3 N–H and O–H groups in total. The van der Waals surface area contributed by atoms with Crippen LogP contribution in [0.5, 0.6) is 0 Å². The monoisotopic (exact) mass is 256 g/mol.